The van der Waals surface area contributed by atoms with Gasteiger partial charge in [0.15, 0.2) is 0 Å². The molecule has 0 aliphatic carbocycles. The van der Waals surface area contributed by atoms with Gasteiger partial charge in [0.25, 0.3) is 0 Å². The third-order valence-corrected chi connectivity index (χ3v) is 2.47. The molecule has 0 bridgehead atoms. The van der Waals surface area contributed by atoms with Gasteiger partial charge in [0.1, 0.15) is 5.84 Å². The molecule has 2 nitrogen and oxygen atoms in total. The van der Waals surface area contributed by atoms with Gasteiger partial charge in [0.05, 0.1) is 0 Å². The van der Waals surface area contributed by atoms with Crippen LogP contribution in [0.15, 0.2) is 54.6 Å². The van der Waals surface area contributed by atoms with E-state index in [4.69, 9.17) is 5.41 Å². The Morgan fingerprint density at radius 3 is 2.25 bits per heavy atom. The van der Waals surface area contributed by atoms with E-state index in [0.29, 0.717) is 5.84 Å². The van der Waals surface area contributed by atoms with E-state index < -0.39 is 0 Å². The van der Waals surface area contributed by atoms with Crippen molar-refractivity contribution >= 4 is 11.5 Å². The molecule has 2 N–H and O–H groups in total. The largest absolute Gasteiger partial charge is 0.340 e. The predicted octanol–water partition coefficient (Wildman–Crippen LogP) is 3.43. The standard InChI is InChI=1S/C14H14N2/c1-11-7-5-6-10-13(11)16-14(15)12-8-3-2-4-9-12/h2-10H,1H3,(H2,15,16). The molecule has 0 saturated heterocycles. The fourth-order valence-electron chi connectivity index (χ4n) is 1.52. The van der Waals surface area contributed by atoms with Crippen molar-refractivity contribution < 1.29 is 0 Å². The zero-order valence-electron chi connectivity index (χ0n) is 9.20. The summed E-state index contributed by atoms with van der Waals surface area (Å²) < 4.78 is 0. The zero-order valence-corrected chi connectivity index (χ0v) is 9.20. The molecule has 0 aliphatic rings. The third-order valence-electron chi connectivity index (χ3n) is 2.47. The molecule has 2 heteroatoms. The summed E-state index contributed by atoms with van der Waals surface area (Å²) in [5, 5.41) is 11.1. The average Bonchev–Trinajstić information content (AvgIpc) is 2.33. The lowest BCUT2D eigenvalue weighted by atomic mass is 10.1. The lowest BCUT2D eigenvalue weighted by Crippen LogP contribution is -2.12. The molecule has 0 fully saturated rings. The number of nitrogens with one attached hydrogen (secondary N) is 2. The first-order chi connectivity index (χ1) is 7.77. The van der Waals surface area contributed by atoms with Crippen molar-refractivity contribution in [3.05, 3.63) is 65.7 Å². The molecule has 0 aliphatic heterocycles. The van der Waals surface area contributed by atoms with Crippen LogP contribution in [0.2, 0.25) is 0 Å². The van der Waals surface area contributed by atoms with E-state index >= 15 is 0 Å². The molecule has 2 aromatic rings. The molecule has 0 aromatic heterocycles. The van der Waals surface area contributed by atoms with E-state index in [0.717, 1.165) is 16.8 Å². The number of para-hydroxylation sites is 1. The maximum Gasteiger partial charge on any atom is 0.129 e. The van der Waals surface area contributed by atoms with E-state index in [1.165, 1.54) is 0 Å². The Balaban J connectivity index is 2.18. The van der Waals surface area contributed by atoms with E-state index in [2.05, 4.69) is 5.32 Å². The Morgan fingerprint density at radius 2 is 1.56 bits per heavy atom. The number of aryl methyl sites for hydroxylation is 1. The number of hydrogen-bond donors (Lipinski definition) is 2. The van der Waals surface area contributed by atoms with Gasteiger partial charge < -0.3 is 5.32 Å². The van der Waals surface area contributed by atoms with Crippen LogP contribution in [0, 0.1) is 12.3 Å². The Hall–Kier alpha value is -2.09. The monoisotopic (exact) mass is 210 g/mol. The highest BCUT2D eigenvalue weighted by molar-refractivity contribution is 6.06. The van der Waals surface area contributed by atoms with Gasteiger partial charge in [-0.15, -0.1) is 0 Å². The second-order valence-corrected chi connectivity index (χ2v) is 3.68. The van der Waals surface area contributed by atoms with Gasteiger partial charge >= 0.3 is 0 Å². The smallest absolute Gasteiger partial charge is 0.129 e. The number of rotatable bonds is 2. The fraction of sp³-hybridized carbons (Fsp3) is 0.0714. The third kappa shape index (κ3) is 2.28. The summed E-state index contributed by atoms with van der Waals surface area (Å²) >= 11 is 0. The molecule has 0 unspecified atom stereocenters. The van der Waals surface area contributed by atoms with Crippen molar-refractivity contribution in [2.75, 3.05) is 5.32 Å². The second kappa shape index (κ2) is 4.62. The van der Waals surface area contributed by atoms with Crippen LogP contribution in [0.3, 0.4) is 0 Å². The van der Waals surface area contributed by atoms with Crippen LogP contribution in [0.5, 0.6) is 0 Å². The van der Waals surface area contributed by atoms with Crippen LogP contribution < -0.4 is 5.32 Å². The van der Waals surface area contributed by atoms with E-state index in [9.17, 15) is 0 Å². The van der Waals surface area contributed by atoms with Crippen molar-refractivity contribution in [1.82, 2.24) is 0 Å². The minimum atomic E-state index is 0.426. The van der Waals surface area contributed by atoms with Crippen LogP contribution in [0.25, 0.3) is 0 Å². The number of benzene rings is 2. The van der Waals surface area contributed by atoms with E-state index in [1.54, 1.807) is 0 Å². The average molecular weight is 210 g/mol. The number of hydrogen-bond acceptors (Lipinski definition) is 1. The van der Waals surface area contributed by atoms with Crippen molar-refractivity contribution in [1.29, 1.82) is 5.41 Å². The second-order valence-electron chi connectivity index (χ2n) is 3.68. The Morgan fingerprint density at radius 1 is 0.938 bits per heavy atom. The van der Waals surface area contributed by atoms with Crippen LogP contribution >= 0.6 is 0 Å². The summed E-state index contributed by atoms with van der Waals surface area (Å²) in [6.45, 7) is 2.03. The predicted molar refractivity (Wildman–Crippen MR) is 68.1 cm³/mol. The first-order valence-electron chi connectivity index (χ1n) is 5.24. The van der Waals surface area contributed by atoms with Gasteiger partial charge in [0, 0.05) is 11.3 Å². The first kappa shape index (κ1) is 10.4. The maximum absolute atomic E-state index is 7.95. The molecule has 0 radical (unpaired) electrons. The molecule has 16 heavy (non-hydrogen) atoms. The summed E-state index contributed by atoms with van der Waals surface area (Å²) in [5.74, 6) is 0.426. The van der Waals surface area contributed by atoms with E-state index in [1.807, 2.05) is 61.5 Å². The van der Waals surface area contributed by atoms with Crippen molar-refractivity contribution in [3.8, 4) is 0 Å². The maximum atomic E-state index is 7.95. The topological polar surface area (TPSA) is 35.9 Å². The molecular weight excluding hydrogens is 196 g/mol. The molecule has 2 rings (SSSR count). The van der Waals surface area contributed by atoms with E-state index in [-0.39, 0.29) is 0 Å². The minimum absolute atomic E-state index is 0.426. The molecule has 0 amide bonds. The number of amidine groups is 1. The van der Waals surface area contributed by atoms with Gasteiger partial charge in [-0.25, -0.2) is 0 Å². The lowest BCUT2D eigenvalue weighted by molar-refractivity contribution is 1.40. The Kier molecular flexibility index (Phi) is 3.01. The minimum Gasteiger partial charge on any atom is -0.340 e. The molecule has 2 aromatic carbocycles. The molecule has 0 heterocycles. The normalized spacial score (nSPS) is 9.81. The Bertz CT molecular complexity index is 489. The lowest BCUT2D eigenvalue weighted by Gasteiger charge is -2.10. The van der Waals surface area contributed by atoms with Crippen LogP contribution in [0.4, 0.5) is 5.69 Å². The van der Waals surface area contributed by atoms with Crippen LogP contribution in [0.1, 0.15) is 11.1 Å². The van der Waals surface area contributed by atoms with Gasteiger partial charge in [-0.1, -0.05) is 48.5 Å². The summed E-state index contributed by atoms with van der Waals surface area (Å²) in [6, 6.07) is 17.6. The van der Waals surface area contributed by atoms with Gasteiger partial charge in [-0.05, 0) is 18.6 Å². The highest BCUT2D eigenvalue weighted by atomic mass is 14.9. The first-order valence-corrected chi connectivity index (χ1v) is 5.24. The van der Waals surface area contributed by atoms with Gasteiger partial charge in [0.2, 0.25) is 0 Å². The molecule has 0 spiro atoms. The van der Waals surface area contributed by atoms with Gasteiger partial charge in [-0.2, -0.15) is 0 Å². The zero-order chi connectivity index (χ0) is 11.4. The summed E-state index contributed by atoms with van der Waals surface area (Å²) in [7, 11) is 0. The van der Waals surface area contributed by atoms with Crippen molar-refractivity contribution in [2.45, 2.75) is 6.92 Å². The van der Waals surface area contributed by atoms with Crippen LogP contribution in [-0.4, -0.2) is 5.84 Å². The molecule has 0 saturated carbocycles. The SMILES string of the molecule is Cc1ccccc1NC(=N)c1ccccc1. The number of anilines is 1. The highest BCUT2D eigenvalue weighted by Crippen LogP contribution is 2.14. The summed E-state index contributed by atoms with van der Waals surface area (Å²) in [4.78, 5) is 0. The molecule has 80 valence electrons. The summed E-state index contributed by atoms with van der Waals surface area (Å²) in [6.07, 6.45) is 0. The van der Waals surface area contributed by atoms with Crippen molar-refractivity contribution in [3.63, 3.8) is 0 Å². The quantitative estimate of drug-likeness (QED) is 0.578. The highest BCUT2D eigenvalue weighted by Gasteiger charge is 2.02. The molecular formula is C14H14N2. The summed E-state index contributed by atoms with van der Waals surface area (Å²) in [5.41, 5.74) is 3.02. The van der Waals surface area contributed by atoms with Gasteiger partial charge in [-0.3, -0.25) is 5.41 Å². The van der Waals surface area contributed by atoms with Crippen LogP contribution in [-0.2, 0) is 0 Å². The van der Waals surface area contributed by atoms with Crippen molar-refractivity contribution in [2.24, 2.45) is 0 Å². The Labute approximate surface area is 95.5 Å². The fourth-order valence-corrected chi connectivity index (χ4v) is 1.52. The molecule has 0 atom stereocenters.